The standard InChI is InChI=1S/C10H20N2O/c1-7(9(13)11-4)12-8-5-6-10(8,2)3/h7-8,12H,5-6H2,1-4H3,(H,11,13)/t7-,8?/m1/s1. The molecule has 2 atom stereocenters. The van der Waals surface area contributed by atoms with Gasteiger partial charge < -0.3 is 10.6 Å². The fraction of sp³-hybridized carbons (Fsp3) is 0.900. The first-order chi connectivity index (χ1) is 5.97. The first-order valence-electron chi connectivity index (χ1n) is 4.95. The Bertz CT molecular complexity index is 201. The Morgan fingerprint density at radius 2 is 2.15 bits per heavy atom. The summed E-state index contributed by atoms with van der Waals surface area (Å²) < 4.78 is 0. The van der Waals surface area contributed by atoms with E-state index >= 15 is 0 Å². The van der Waals surface area contributed by atoms with Crippen LogP contribution in [0.15, 0.2) is 0 Å². The molecule has 1 amide bonds. The number of hydrogen-bond acceptors (Lipinski definition) is 2. The summed E-state index contributed by atoms with van der Waals surface area (Å²) in [6, 6.07) is 0.425. The van der Waals surface area contributed by atoms with Crippen molar-refractivity contribution in [3.8, 4) is 0 Å². The molecule has 3 nitrogen and oxygen atoms in total. The van der Waals surface area contributed by atoms with E-state index in [1.807, 2.05) is 6.92 Å². The highest BCUT2D eigenvalue weighted by Crippen LogP contribution is 2.40. The first-order valence-corrected chi connectivity index (χ1v) is 4.95. The lowest BCUT2D eigenvalue weighted by Crippen LogP contribution is -2.56. The molecule has 0 saturated heterocycles. The molecule has 76 valence electrons. The van der Waals surface area contributed by atoms with E-state index in [0.29, 0.717) is 11.5 Å². The number of carbonyl (C=O) groups is 1. The number of amides is 1. The van der Waals surface area contributed by atoms with Crippen LogP contribution in [0.25, 0.3) is 0 Å². The minimum absolute atomic E-state index is 0.0719. The molecular formula is C10H20N2O. The smallest absolute Gasteiger partial charge is 0.236 e. The maximum absolute atomic E-state index is 11.2. The number of hydrogen-bond donors (Lipinski definition) is 2. The Balaban J connectivity index is 2.37. The summed E-state index contributed by atoms with van der Waals surface area (Å²) in [4.78, 5) is 11.2. The van der Waals surface area contributed by atoms with Gasteiger partial charge in [0.15, 0.2) is 0 Å². The molecule has 0 aromatic rings. The zero-order chi connectivity index (χ0) is 10.1. The summed E-state index contributed by atoms with van der Waals surface area (Å²) in [5.74, 6) is 0.0719. The molecule has 0 bridgehead atoms. The van der Waals surface area contributed by atoms with Crippen LogP contribution in [0.5, 0.6) is 0 Å². The lowest BCUT2D eigenvalue weighted by atomic mass is 9.67. The van der Waals surface area contributed by atoms with Gasteiger partial charge in [-0.1, -0.05) is 13.8 Å². The molecule has 13 heavy (non-hydrogen) atoms. The van der Waals surface area contributed by atoms with Crippen LogP contribution >= 0.6 is 0 Å². The summed E-state index contributed by atoms with van der Waals surface area (Å²) in [7, 11) is 1.67. The molecule has 0 aromatic heterocycles. The Hall–Kier alpha value is -0.570. The van der Waals surface area contributed by atoms with Crippen LogP contribution in [0, 0.1) is 5.41 Å². The van der Waals surface area contributed by atoms with Crippen molar-refractivity contribution in [1.29, 1.82) is 0 Å². The number of nitrogens with one attached hydrogen (secondary N) is 2. The summed E-state index contributed by atoms with van der Waals surface area (Å²) in [5.41, 5.74) is 0.363. The second kappa shape index (κ2) is 3.66. The largest absolute Gasteiger partial charge is 0.358 e. The SMILES string of the molecule is CNC(=O)[C@@H](C)NC1CCC1(C)C. The minimum Gasteiger partial charge on any atom is -0.358 e. The number of carbonyl (C=O) groups excluding carboxylic acids is 1. The Labute approximate surface area is 80.3 Å². The summed E-state index contributed by atoms with van der Waals surface area (Å²) in [5, 5.41) is 5.99. The van der Waals surface area contributed by atoms with Gasteiger partial charge in [0, 0.05) is 13.1 Å². The van der Waals surface area contributed by atoms with Gasteiger partial charge in [-0.15, -0.1) is 0 Å². The number of likely N-dealkylation sites (N-methyl/N-ethyl adjacent to an activating group) is 1. The van der Waals surface area contributed by atoms with Crippen LogP contribution in [0.3, 0.4) is 0 Å². The summed E-state index contributed by atoms with van der Waals surface area (Å²) >= 11 is 0. The molecule has 3 heteroatoms. The zero-order valence-electron chi connectivity index (χ0n) is 8.98. The molecule has 0 aromatic carbocycles. The summed E-state index contributed by atoms with van der Waals surface area (Å²) in [6.45, 7) is 6.39. The lowest BCUT2D eigenvalue weighted by molar-refractivity contribution is -0.123. The van der Waals surface area contributed by atoms with Crippen molar-refractivity contribution in [2.24, 2.45) is 5.41 Å². The molecule has 0 heterocycles. The molecule has 1 aliphatic rings. The van der Waals surface area contributed by atoms with Crippen LogP contribution in [-0.2, 0) is 4.79 Å². The third-order valence-corrected chi connectivity index (χ3v) is 3.11. The molecule has 1 unspecified atom stereocenters. The molecule has 1 rings (SSSR count). The minimum atomic E-state index is -0.0745. The quantitative estimate of drug-likeness (QED) is 0.684. The van der Waals surface area contributed by atoms with Crippen molar-refractivity contribution < 1.29 is 4.79 Å². The Morgan fingerprint density at radius 1 is 1.54 bits per heavy atom. The van der Waals surface area contributed by atoms with Gasteiger partial charge in [0.2, 0.25) is 5.91 Å². The molecule has 0 spiro atoms. The second-order valence-electron chi connectivity index (χ2n) is 4.58. The molecule has 1 saturated carbocycles. The number of rotatable bonds is 3. The predicted molar refractivity (Wildman–Crippen MR) is 53.5 cm³/mol. The van der Waals surface area contributed by atoms with Gasteiger partial charge in [-0.2, -0.15) is 0 Å². The highest BCUT2D eigenvalue weighted by Gasteiger charge is 2.39. The van der Waals surface area contributed by atoms with E-state index < -0.39 is 0 Å². The molecule has 2 N–H and O–H groups in total. The average molecular weight is 184 g/mol. The third kappa shape index (κ3) is 2.21. The molecule has 0 radical (unpaired) electrons. The average Bonchev–Trinajstić information content (AvgIpc) is 2.10. The van der Waals surface area contributed by atoms with E-state index in [1.54, 1.807) is 7.05 Å². The van der Waals surface area contributed by atoms with E-state index in [9.17, 15) is 4.79 Å². The molecule has 1 fully saturated rings. The van der Waals surface area contributed by atoms with E-state index in [2.05, 4.69) is 24.5 Å². The normalized spacial score (nSPS) is 27.5. The van der Waals surface area contributed by atoms with Gasteiger partial charge in [0.25, 0.3) is 0 Å². The molecule has 1 aliphatic carbocycles. The Morgan fingerprint density at radius 3 is 2.46 bits per heavy atom. The second-order valence-corrected chi connectivity index (χ2v) is 4.58. The maximum atomic E-state index is 11.2. The van der Waals surface area contributed by atoms with Crippen LogP contribution in [0.2, 0.25) is 0 Å². The topological polar surface area (TPSA) is 41.1 Å². The maximum Gasteiger partial charge on any atom is 0.236 e. The first kappa shape index (κ1) is 10.5. The highest BCUT2D eigenvalue weighted by molar-refractivity contribution is 5.80. The van der Waals surface area contributed by atoms with Crippen molar-refractivity contribution in [3.05, 3.63) is 0 Å². The van der Waals surface area contributed by atoms with Crippen LogP contribution in [-0.4, -0.2) is 25.0 Å². The van der Waals surface area contributed by atoms with Crippen molar-refractivity contribution in [2.45, 2.75) is 45.7 Å². The monoisotopic (exact) mass is 184 g/mol. The molecule has 0 aliphatic heterocycles. The van der Waals surface area contributed by atoms with Crippen molar-refractivity contribution in [3.63, 3.8) is 0 Å². The van der Waals surface area contributed by atoms with Crippen molar-refractivity contribution in [1.82, 2.24) is 10.6 Å². The fourth-order valence-electron chi connectivity index (χ4n) is 1.77. The van der Waals surface area contributed by atoms with E-state index in [4.69, 9.17) is 0 Å². The highest BCUT2D eigenvalue weighted by atomic mass is 16.2. The van der Waals surface area contributed by atoms with E-state index in [0.717, 1.165) is 0 Å². The van der Waals surface area contributed by atoms with Crippen LogP contribution < -0.4 is 10.6 Å². The Kier molecular flexibility index (Phi) is 2.96. The molecular weight excluding hydrogens is 164 g/mol. The van der Waals surface area contributed by atoms with Gasteiger partial charge in [-0.25, -0.2) is 0 Å². The zero-order valence-corrected chi connectivity index (χ0v) is 8.98. The predicted octanol–water partition coefficient (Wildman–Crippen LogP) is 0.899. The van der Waals surface area contributed by atoms with Gasteiger partial charge in [-0.05, 0) is 25.2 Å². The van der Waals surface area contributed by atoms with Gasteiger partial charge in [0.05, 0.1) is 6.04 Å². The van der Waals surface area contributed by atoms with Crippen molar-refractivity contribution >= 4 is 5.91 Å². The van der Waals surface area contributed by atoms with E-state index in [1.165, 1.54) is 12.8 Å². The summed E-state index contributed by atoms with van der Waals surface area (Å²) in [6.07, 6.45) is 2.44. The van der Waals surface area contributed by atoms with Gasteiger partial charge in [-0.3, -0.25) is 4.79 Å². The van der Waals surface area contributed by atoms with Crippen LogP contribution in [0.1, 0.15) is 33.6 Å². The lowest BCUT2D eigenvalue weighted by Gasteiger charge is -2.46. The van der Waals surface area contributed by atoms with E-state index in [-0.39, 0.29) is 11.9 Å². The van der Waals surface area contributed by atoms with Crippen LogP contribution in [0.4, 0.5) is 0 Å². The fourth-order valence-corrected chi connectivity index (χ4v) is 1.77. The van der Waals surface area contributed by atoms with Gasteiger partial charge in [0.1, 0.15) is 0 Å². The van der Waals surface area contributed by atoms with Crippen molar-refractivity contribution in [2.75, 3.05) is 7.05 Å². The third-order valence-electron chi connectivity index (χ3n) is 3.11. The van der Waals surface area contributed by atoms with Gasteiger partial charge >= 0.3 is 0 Å².